The summed E-state index contributed by atoms with van der Waals surface area (Å²) in [4.78, 5) is 46.0. The second kappa shape index (κ2) is 11.4. The molecule has 0 aromatic heterocycles. The van der Waals surface area contributed by atoms with Crippen LogP contribution in [0.3, 0.4) is 0 Å². The number of hydrogen-bond donors (Lipinski definition) is 0. The molecule has 0 aromatic rings. The minimum Gasteiger partial charge on any atom is -0.463 e. The standard InChI is InChI=1S/C16H24O9S2/c1-6-26-27-16-15(24-11(5)20)14(23-10(4)19)13(22-9(3)18)12(25-16)7-21-8(2)17/h12-16H,6-7H2,1-5H3. The van der Waals surface area contributed by atoms with Gasteiger partial charge in [0, 0.05) is 33.4 Å². The van der Waals surface area contributed by atoms with Gasteiger partial charge in [-0.15, -0.1) is 0 Å². The molecule has 0 radical (unpaired) electrons. The van der Waals surface area contributed by atoms with E-state index in [0.717, 1.165) is 5.75 Å². The van der Waals surface area contributed by atoms with E-state index in [1.807, 2.05) is 6.92 Å². The van der Waals surface area contributed by atoms with Crippen LogP contribution < -0.4 is 0 Å². The van der Waals surface area contributed by atoms with Gasteiger partial charge >= 0.3 is 23.9 Å². The molecule has 0 bridgehead atoms. The Hall–Kier alpha value is -1.46. The maximum atomic E-state index is 11.6. The van der Waals surface area contributed by atoms with Gasteiger partial charge in [0.25, 0.3) is 0 Å². The molecule has 11 heteroatoms. The van der Waals surface area contributed by atoms with Crippen LogP contribution in [0.4, 0.5) is 0 Å². The summed E-state index contributed by atoms with van der Waals surface area (Å²) < 4.78 is 26.8. The highest BCUT2D eigenvalue weighted by Gasteiger charge is 2.52. The van der Waals surface area contributed by atoms with E-state index in [1.165, 1.54) is 49.3 Å². The number of carbonyl (C=O) groups is 4. The van der Waals surface area contributed by atoms with Crippen molar-refractivity contribution in [3.05, 3.63) is 0 Å². The largest absolute Gasteiger partial charge is 0.463 e. The average molecular weight is 424 g/mol. The second-order valence-corrected chi connectivity index (χ2v) is 8.32. The number of rotatable bonds is 8. The van der Waals surface area contributed by atoms with Gasteiger partial charge in [0.15, 0.2) is 23.7 Å². The van der Waals surface area contributed by atoms with Crippen molar-refractivity contribution in [2.75, 3.05) is 12.4 Å². The van der Waals surface area contributed by atoms with Crippen molar-refractivity contribution in [2.45, 2.75) is 64.5 Å². The maximum Gasteiger partial charge on any atom is 0.303 e. The summed E-state index contributed by atoms with van der Waals surface area (Å²) in [6.45, 7) is 6.53. The zero-order valence-electron chi connectivity index (χ0n) is 15.8. The van der Waals surface area contributed by atoms with Crippen molar-refractivity contribution >= 4 is 45.5 Å². The van der Waals surface area contributed by atoms with Crippen molar-refractivity contribution in [3.8, 4) is 0 Å². The lowest BCUT2D eigenvalue weighted by Gasteiger charge is -2.43. The summed E-state index contributed by atoms with van der Waals surface area (Å²) >= 11 is 0. The lowest BCUT2D eigenvalue weighted by atomic mass is 9.99. The van der Waals surface area contributed by atoms with Crippen molar-refractivity contribution in [2.24, 2.45) is 0 Å². The predicted octanol–water partition coefficient (Wildman–Crippen LogP) is 1.47. The molecule has 0 aromatic carbocycles. The van der Waals surface area contributed by atoms with Crippen LogP contribution in [-0.2, 0) is 42.9 Å². The molecule has 0 amide bonds. The molecule has 0 saturated carbocycles. The molecule has 154 valence electrons. The Morgan fingerprint density at radius 1 is 0.815 bits per heavy atom. The summed E-state index contributed by atoms with van der Waals surface area (Å²) in [6.07, 6.45) is -4.13. The van der Waals surface area contributed by atoms with Crippen LogP contribution in [0.25, 0.3) is 0 Å². The Bertz CT molecular complexity index is 554. The minimum atomic E-state index is -1.11. The Morgan fingerprint density at radius 2 is 1.33 bits per heavy atom. The summed E-state index contributed by atoms with van der Waals surface area (Å²) in [7, 11) is 2.73. The Kier molecular flexibility index (Phi) is 9.95. The monoisotopic (exact) mass is 424 g/mol. The highest BCUT2D eigenvalue weighted by atomic mass is 33.1. The van der Waals surface area contributed by atoms with E-state index in [2.05, 4.69) is 0 Å². The van der Waals surface area contributed by atoms with Gasteiger partial charge in [-0.1, -0.05) is 28.5 Å². The molecular formula is C16H24O9S2. The van der Waals surface area contributed by atoms with Crippen molar-refractivity contribution < 1.29 is 42.9 Å². The quantitative estimate of drug-likeness (QED) is 0.320. The average Bonchev–Trinajstić information content (AvgIpc) is 2.54. The van der Waals surface area contributed by atoms with Crippen LogP contribution in [-0.4, -0.2) is 66.1 Å². The van der Waals surface area contributed by atoms with Gasteiger partial charge in [0.05, 0.1) is 0 Å². The first-order valence-corrected chi connectivity index (χ1v) is 10.6. The molecule has 1 heterocycles. The Balaban J connectivity index is 3.22. The highest BCUT2D eigenvalue weighted by Crippen LogP contribution is 2.39. The van der Waals surface area contributed by atoms with Crippen molar-refractivity contribution in [1.29, 1.82) is 0 Å². The van der Waals surface area contributed by atoms with Gasteiger partial charge in [0.2, 0.25) is 0 Å². The molecule has 1 aliphatic rings. The zero-order chi connectivity index (χ0) is 20.6. The van der Waals surface area contributed by atoms with Gasteiger partial charge in [-0.2, -0.15) is 0 Å². The molecular weight excluding hydrogens is 400 g/mol. The zero-order valence-corrected chi connectivity index (χ0v) is 17.4. The van der Waals surface area contributed by atoms with E-state index in [0.29, 0.717) is 0 Å². The third-order valence-electron chi connectivity index (χ3n) is 3.23. The van der Waals surface area contributed by atoms with E-state index in [9.17, 15) is 19.2 Å². The van der Waals surface area contributed by atoms with Gasteiger partial charge in [-0.3, -0.25) is 19.2 Å². The molecule has 0 spiro atoms. The fourth-order valence-electron chi connectivity index (χ4n) is 2.40. The van der Waals surface area contributed by atoms with E-state index < -0.39 is 53.7 Å². The third kappa shape index (κ3) is 7.97. The molecule has 0 N–H and O–H groups in total. The minimum absolute atomic E-state index is 0.217. The van der Waals surface area contributed by atoms with Crippen LogP contribution in [0.15, 0.2) is 0 Å². The molecule has 1 saturated heterocycles. The molecule has 27 heavy (non-hydrogen) atoms. The van der Waals surface area contributed by atoms with Crippen LogP contribution in [0, 0.1) is 0 Å². The third-order valence-corrected chi connectivity index (χ3v) is 5.85. The van der Waals surface area contributed by atoms with Crippen molar-refractivity contribution in [1.82, 2.24) is 0 Å². The predicted molar refractivity (Wildman–Crippen MR) is 97.7 cm³/mol. The molecule has 1 aliphatic heterocycles. The summed E-state index contributed by atoms with van der Waals surface area (Å²) in [6, 6.07) is 0. The van der Waals surface area contributed by atoms with Gasteiger partial charge in [-0.25, -0.2) is 0 Å². The molecule has 5 unspecified atom stereocenters. The van der Waals surface area contributed by atoms with Crippen molar-refractivity contribution in [3.63, 3.8) is 0 Å². The highest BCUT2D eigenvalue weighted by molar-refractivity contribution is 8.76. The van der Waals surface area contributed by atoms with E-state index >= 15 is 0 Å². The lowest BCUT2D eigenvalue weighted by Crippen LogP contribution is -2.61. The first kappa shape index (κ1) is 23.6. The fraction of sp³-hybridized carbons (Fsp3) is 0.750. The fourth-order valence-corrected chi connectivity index (χ4v) is 4.45. The first-order chi connectivity index (χ1) is 12.6. The molecule has 9 nitrogen and oxygen atoms in total. The number of carbonyl (C=O) groups excluding carboxylic acids is 4. The normalized spacial score (nSPS) is 27.4. The first-order valence-electron chi connectivity index (χ1n) is 8.24. The van der Waals surface area contributed by atoms with Crippen LogP contribution >= 0.6 is 21.6 Å². The summed E-state index contributed by atoms with van der Waals surface area (Å²) in [5.41, 5.74) is -0.726. The summed E-state index contributed by atoms with van der Waals surface area (Å²) in [5, 5.41) is 0. The molecule has 5 atom stereocenters. The van der Waals surface area contributed by atoms with E-state index in [4.69, 9.17) is 23.7 Å². The summed E-state index contributed by atoms with van der Waals surface area (Å²) in [5.74, 6) is -1.69. The van der Waals surface area contributed by atoms with Crippen LogP contribution in [0.2, 0.25) is 0 Å². The SMILES string of the molecule is CCSSC1OC(COC(C)=O)C(OC(C)=O)C(OC(C)=O)C1OC(C)=O. The van der Waals surface area contributed by atoms with Gasteiger partial charge in [-0.05, 0) is 0 Å². The smallest absolute Gasteiger partial charge is 0.303 e. The number of hydrogen-bond acceptors (Lipinski definition) is 11. The van der Waals surface area contributed by atoms with Crippen LogP contribution in [0.5, 0.6) is 0 Å². The van der Waals surface area contributed by atoms with E-state index in [-0.39, 0.29) is 6.61 Å². The molecule has 1 rings (SSSR count). The topological polar surface area (TPSA) is 114 Å². The lowest BCUT2D eigenvalue weighted by molar-refractivity contribution is -0.237. The molecule has 1 fully saturated rings. The molecule has 0 aliphatic carbocycles. The maximum absolute atomic E-state index is 11.6. The van der Waals surface area contributed by atoms with Gasteiger partial charge < -0.3 is 23.7 Å². The Labute approximate surface area is 165 Å². The van der Waals surface area contributed by atoms with Crippen LogP contribution in [0.1, 0.15) is 34.6 Å². The number of ether oxygens (including phenoxy) is 5. The number of esters is 4. The second-order valence-electron chi connectivity index (χ2n) is 5.57. The van der Waals surface area contributed by atoms with E-state index in [1.54, 1.807) is 0 Å². The Morgan fingerprint density at radius 3 is 1.81 bits per heavy atom. The van der Waals surface area contributed by atoms with Gasteiger partial charge in [0.1, 0.15) is 12.7 Å².